The van der Waals surface area contributed by atoms with Crippen molar-refractivity contribution in [3.63, 3.8) is 0 Å². The van der Waals surface area contributed by atoms with Crippen LogP contribution in [0.25, 0.3) is 0 Å². The van der Waals surface area contributed by atoms with Gasteiger partial charge in [0.1, 0.15) is 12.7 Å². The van der Waals surface area contributed by atoms with Gasteiger partial charge in [-0.3, -0.25) is 4.72 Å². The van der Waals surface area contributed by atoms with E-state index >= 15 is 0 Å². The van der Waals surface area contributed by atoms with E-state index in [9.17, 15) is 8.42 Å². The van der Waals surface area contributed by atoms with Crippen LogP contribution in [0.15, 0.2) is 47.5 Å². The van der Waals surface area contributed by atoms with Crippen molar-refractivity contribution in [1.82, 2.24) is 4.98 Å². The number of methoxy groups -OCH3 is 1. The molecule has 0 unspecified atom stereocenters. The van der Waals surface area contributed by atoms with Gasteiger partial charge in [-0.25, -0.2) is 13.4 Å². The molecule has 0 saturated heterocycles. The number of aromatic nitrogens is 1. The van der Waals surface area contributed by atoms with Gasteiger partial charge in [0, 0.05) is 11.9 Å². The average Bonchev–Trinajstić information content (AvgIpc) is 2.39. The van der Waals surface area contributed by atoms with Crippen LogP contribution >= 0.6 is 0 Å². The van der Waals surface area contributed by atoms with Crippen molar-refractivity contribution < 1.29 is 13.2 Å². The predicted octanol–water partition coefficient (Wildman–Crippen LogP) is 0.685. The Bertz CT molecular complexity index is 675. The molecule has 0 aliphatic carbocycles. The van der Waals surface area contributed by atoms with Crippen LogP contribution in [-0.2, 0) is 10.0 Å². The van der Waals surface area contributed by atoms with Gasteiger partial charge in [0.2, 0.25) is 5.88 Å². The number of sulfonamides is 1. The molecule has 0 amide bonds. The van der Waals surface area contributed by atoms with E-state index in [0.717, 1.165) is 0 Å². The number of ether oxygens (including phenoxy) is 1. The molecule has 0 fully saturated rings. The molecule has 2 aromatic rings. The smallest absolute Gasteiger partial charge is 0.267 e. The van der Waals surface area contributed by atoms with Crippen molar-refractivity contribution >= 4 is 29.0 Å². The summed E-state index contributed by atoms with van der Waals surface area (Å²) in [6.45, 7) is 0. The number of pyridine rings is 1. The van der Waals surface area contributed by atoms with Crippen molar-refractivity contribution in [2.24, 2.45) is 0 Å². The Kier molecular flexibility index (Phi) is 3.75. The summed E-state index contributed by atoms with van der Waals surface area (Å²) in [5.41, 5.74) is 0.696. The molecule has 5 nitrogen and oxygen atoms in total. The molecule has 1 aromatic heterocycles. The fourth-order valence-corrected chi connectivity index (χ4v) is 2.72. The lowest BCUT2D eigenvalue weighted by Gasteiger charge is -2.11. The highest BCUT2D eigenvalue weighted by Crippen LogP contribution is 2.22. The van der Waals surface area contributed by atoms with Crippen molar-refractivity contribution in [2.45, 2.75) is 4.90 Å². The second kappa shape index (κ2) is 5.32. The molecule has 1 heterocycles. The second-order valence-electron chi connectivity index (χ2n) is 3.75. The monoisotopic (exact) mass is 274 g/mol. The maximum Gasteiger partial charge on any atom is 0.267 e. The summed E-state index contributed by atoms with van der Waals surface area (Å²) in [5, 5.41) is 0. The first-order valence-electron chi connectivity index (χ1n) is 5.40. The molecule has 96 valence electrons. The number of nitrogens with one attached hydrogen (secondary N) is 1. The van der Waals surface area contributed by atoms with Crippen LogP contribution in [0.4, 0.5) is 5.69 Å². The minimum atomic E-state index is -3.80. The lowest BCUT2D eigenvalue weighted by molar-refractivity contribution is 0.385. The minimum absolute atomic E-state index is 0.00219. The van der Waals surface area contributed by atoms with Gasteiger partial charge in [-0.05, 0) is 18.2 Å². The number of nitrogens with zero attached hydrogens (tertiary/aromatic N) is 1. The quantitative estimate of drug-likeness (QED) is 0.833. The molecular formula is C12H11BN2O3S. The van der Waals surface area contributed by atoms with Crippen LogP contribution in [0.5, 0.6) is 5.88 Å². The Morgan fingerprint density at radius 3 is 2.58 bits per heavy atom. The van der Waals surface area contributed by atoms with Crippen LogP contribution in [0.3, 0.4) is 0 Å². The zero-order valence-corrected chi connectivity index (χ0v) is 11.0. The zero-order chi connectivity index (χ0) is 13.9. The molecular weight excluding hydrogens is 263 g/mol. The summed E-state index contributed by atoms with van der Waals surface area (Å²) in [5.74, 6) is -0.00219. The van der Waals surface area contributed by atoms with E-state index in [0.29, 0.717) is 5.69 Å². The topological polar surface area (TPSA) is 68.3 Å². The first-order valence-corrected chi connectivity index (χ1v) is 6.88. The Morgan fingerprint density at radius 2 is 1.95 bits per heavy atom. The third-order valence-corrected chi connectivity index (χ3v) is 3.72. The molecule has 0 aliphatic heterocycles. The SMILES string of the molecule is [B]c1cnc(OC)c(S(=O)(=O)Nc2ccccc2)c1. The first kappa shape index (κ1) is 13.4. The molecule has 7 heteroatoms. The van der Waals surface area contributed by atoms with Gasteiger partial charge in [-0.1, -0.05) is 23.7 Å². The second-order valence-corrected chi connectivity index (χ2v) is 5.40. The molecule has 0 saturated carbocycles. The molecule has 2 radical (unpaired) electrons. The molecule has 19 heavy (non-hydrogen) atoms. The van der Waals surface area contributed by atoms with E-state index in [1.807, 2.05) is 0 Å². The Balaban J connectivity index is 2.42. The first-order chi connectivity index (χ1) is 9.03. The van der Waals surface area contributed by atoms with Gasteiger partial charge in [0.05, 0.1) is 7.11 Å². The maximum atomic E-state index is 12.2. The Morgan fingerprint density at radius 1 is 1.26 bits per heavy atom. The number of rotatable bonds is 4. The fourth-order valence-electron chi connectivity index (χ4n) is 1.51. The lowest BCUT2D eigenvalue weighted by atomic mass is 9.99. The summed E-state index contributed by atoms with van der Waals surface area (Å²) in [4.78, 5) is 3.74. The van der Waals surface area contributed by atoms with Crippen molar-refractivity contribution in [2.75, 3.05) is 11.8 Å². The van der Waals surface area contributed by atoms with Crippen molar-refractivity contribution in [3.05, 3.63) is 42.6 Å². The van der Waals surface area contributed by atoms with Gasteiger partial charge in [-0.2, -0.15) is 0 Å². The van der Waals surface area contributed by atoms with Crippen LogP contribution < -0.4 is 14.9 Å². The van der Waals surface area contributed by atoms with Gasteiger partial charge in [0.25, 0.3) is 10.0 Å². The lowest BCUT2D eigenvalue weighted by Crippen LogP contribution is -2.17. The predicted molar refractivity (Wildman–Crippen MR) is 73.4 cm³/mol. The Hall–Kier alpha value is -2.02. The normalized spacial score (nSPS) is 11.0. The van der Waals surface area contributed by atoms with Gasteiger partial charge >= 0.3 is 0 Å². The zero-order valence-electron chi connectivity index (χ0n) is 10.2. The van der Waals surface area contributed by atoms with Crippen LogP contribution in [0.1, 0.15) is 0 Å². The van der Waals surface area contributed by atoms with Gasteiger partial charge in [0.15, 0.2) is 0 Å². The van der Waals surface area contributed by atoms with E-state index < -0.39 is 10.0 Å². The summed E-state index contributed by atoms with van der Waals surface area (Å²) in [6.07, 6.45) is 1.33. The third kappa shape index (κ3) is 3.06. The standard InChI is InChI=1S/C12H11BN2O3S/c1-18-12-11(7-9(13)8-14-12)19(16,17)15-10-5-3-2-4-6-10/h2-8,15H,1H3. The molecule has 0 spiro atoms. The van der Waals surface area contributed by atoms with Gasteiger partial charge < -0.3 is 4.74 Å². The van der Waals surface area contributed by atoms with Gasteiger partial charge in [-0.15, -0.1) is 0 Å². The number of hydrogen-bond acceptors (Lipinski definition) is 4. The summed E-state index contributed by atoms with van der Waals surface area (Å²) < 4.78 is 31.9. The van der Waals surface area contributed by atoms with Crippen molar-refractivity contribution in [1.29, 1.82) is 0 Å². The highest BCUT2D eigenvalue weighted by molar-refractivity contribution is 7.92. The number of hydrogen-bond donors (Lipinski definition) is 1. The van der Waals surface area contributed by atoms with E-state index in [4.69, 9.17) is 12.6 Å². The molecule has 0 atom stereocenters. The molecule has 0 aliphatic rings. The Labute approximate surface area is 113 Å². The molecule has 1 N–H and O–H groups in total. The van der Waals surface area contributed by atoms with E-state index in [1.54, 1.807) is 30.3 Å². The van der Waals surface area contributed by atoms with Crippen LogP contribution in [0.2, 0.25) is 0 Å². The van der Waals surface area contributed by atoms with Crippen molar-refractivity contribution in [3.8, 4) is 5.88 Å². The van der Waals surface area contributed by atoms with E-state index in [-0.39, 0.29) is 16.2 Å². The minimum Gasteiger partial charge on any atom is -0.480 e. The van der Waals surface area contributed by atoms with E-state index in [1.165, 1.54) is 19.4 Å². The average molecular weight is 274 g/mol. The summed E-state index contributed by atoms with van der Waals surface area (Å²) in [6, 6.07) is 9.84. The highest BCUT2D eigenvalue weighted by Gasteiger charge is 2.20. The van der Waals surface area contributed by atoms with E-state index in [2.05, 4.69) is 9.71 Å². The number of benzene rings is 1. The fraction of sp³-hybridized carbons (Fsp3) is 0.0833. The molecule has 0 bridgehead atoms. The number of para-hydroxylation sites is 1. The largest absolute Gasteiger partial charge is 0.480 e. The van der Waals surface area contributed by atoms with Crippen LogP contribution in [-0.4, -0.2) is 28.4 Å². The summed E-state index contributed by atoms with van der Waals surface area (Å²) >= 11 is 0. The third-order valence-electron chi connectivity index (χ3n) is 2.35. The maximum absolute atomic E-state index is 12.2. The van der Waals surface area contributed by atoms with Crippen LogP contribution in [0, 0.1) is 0 Å². The highest BCUT2D eigenvalue weighted by atomic mass is 32.2. The molecule has 1 aromatic carbocycles. The molecule has 2 rings (SSSR count). The summed E-state index contributed by atoms with van der Waals surface area (Å²) in [7, 11) is 3.11. The number of anilines is 1.